The first-order valence-corrected chi connectivity index (χ1v) is 7.07. The van der Waals surface area contributed by atoms with Gasteiger partial charge in [-0.3, -0.25) is 0 Å². The summed E-state index contributed by atoms with van der Waals surface area (Å²) in [6, 6.07) is 15.9. The number of nitrogens with zero attached hydrogens (tertiary/aromatic N) is 1. The molecule has 0 amide bonds. The summed E-state index contributed by atoms with van der Waals surface area (Å²) in [6.45, 7) is 1.22. The van der Waals surface area contributed by atoms with Gasteiger partial charge in [-0.2, -0.15) is 0 Å². The molecule has 2 aromatic rings. The number of hydrogen-bond acceptors (Lipinski definition) is 2. The van der Waals surface area contributed by atoms with Crippen LogP contribution in [0.2, 0.25) is 0 Å². The van der Waals surface area contributed by atoms with Crippen LogP contribution in [0.3, 0.4) is 0 Å². The highest BCUT2D eigenvalue weighted by Crippen LogP contribution is 2.35. The second-order valence-electron chi connectivity index (χ2n) is 5.32. The standard InChI is InChI=1S/C17H19FN2/c18-15-6-9-17(14(10-15)11-19)20(16-7-8-16)12-13-4-2-1-3-5-13/h1-6,9-10,16H,7-8,11-12,19H2. The van der Waals surface area contributed by atoms with Crippen LogP contribution in [0.1, 0.15) is 24.0 Å². The third kappa shape index (κ3) is 2.83. The minimum atomic E-state index is -0.218. The van der Waals surface area contributed by atoms with Gasteiger partial charge in [0.2, 0.25) is 0 Å². The van der Waals surface area contributed by atoms with Gasteiger partial charge in [-0.05, 0) is 42.2 Å². The van der Waals surface area contributed by atoms with Crippen molar-refractivity contribution < 1.29 is 4.39 Å². The van der Waals surface area contributed by atoms with Crippen LogP contribution in [-0.4, -0.2) is 6.04 Å². The largest absolute Gasteiger partial charge is 0.364 e. The van der Waals surface area contributed by atoms with Crippen molar-refractivity contribution in [3.8, 4) is 0 Å². The van der Waals surface area contributed by atoms with E-state index in [4.69, 9.17) is 5.73 Å². The van der Waals surface area contributed by atoms with Crippen LogP contribution in [0.5, 0.6) is 0 Å². The van der Waals surface area contributed by atoms with Crippen LogP contribution in [0.25, 0.3) is 0 Å². The van der Waals surface area contributed by atoms with Crippen LogP contribution < -0.4 is 10.6 Å². The Labute approximate surface area is 119 Å². The molecule has 0 unspecified atom stereocenters. The van der Waals surface area contributed by atoms with E-state index >= 15 is 0 Å². The molecule has 1 aliphatic carbocycles. The molecule has 0 radical (unpaired) electrons. The average Bonchev–Trinajstić information content (AvgIpc) is 3.31. The fourth-order valence-electron chi connectivity index (χ4n) is 2.58. The minimum absolute atomic E-state index is 0.218. The lowest BCUT2D eigenvalue weighted by atomic mass is 10.1. The predicted octanol–water partition coefficient (Wildman–Crippen LogP) is 3.45. The molecule has 1 aliphatic rings. The minimum Gasteiger partial charge on any atom is -0.364 e. The van der Waals surface area contributed by atoms with E-state index in [1.165, 1.54) is 24.5 Å². The smallest absolute Gasteiger partial charge is 0.123 e. The Morgan fingerprint density at radius 3 is 2.50 bits per heavy atom. The summed E-state index contributed by atoms with van der Waals surface area (Å²) in [5, 5.41) is 0. The summed E-state index contributed by atoms with van der Waals surface area (Å²) in [6.07, 6.45) is 2.41. The fraction of sp³-hybridized carbons (Fsp3) is 0.294. The zero-order valence-electron chi connectivity index (χ0n) is 11.4. The highest BCUT2D eigenvalue weighted by atomic mass is 19.1. The lowest BCUT2D eigenvalue weighted by Gasteiger charge is -2.27. The molecule has 2 aromatic carbocycles. The molecule has 1 saturated carbocycles. The van der Waals surface area contributed by atoms with Gasteiger partial charge < -0.3 is 10.6 Å². The van der Waals surface area contributed by atoms with Gasteiger partial charge in [0.1, 0.15) is 5.82 Å². The van der Waals surface area contributed by atoms with Crippen molar-refractivity contribution >= 4 is 5.69 Å². The van der Waals surface area contributed by atoms with Crippen molar-refractivity contribution in [3.63, 3.8) is 0 Å². The molecule has 104 valence electrons. The molecule has 2 N–H and O–H groups in total. The van der Waals surface area contributed by atoms with Crippen LogP contribution in [0, 0.1) is 5.82 Å². The Balaban J connectivity index is 1.91. The highest BCUT2D eigenvalue weighted by Gasteiger charge is 2.30. The highest BCUT2D eigenvalue weighted by molar-refractivity contribution is 5.56. The zero-order valence-corrected chi connectivity index (χ0v) is 11.4. The zero-order chi connectivity index (χ0) is 13.9. The van der Waals surface area contributed by atoms with Gasteiger partial charge in [-0.15, -0.1) is 0 Å². The van der Waals surface area contributed by atoms with Crippen molar-refractivity contribution in [2.24, 2.45) is 5.73 Å². The Hall–Kier alpha value is -1.87. The molecular formula is C17H19FN2. The van der Waals surface area contributed by atoms with Gasteiger partial charge in [0.25, 0.3) is 0 Å². The lowest BCUT2D eigenvalue weighted by Crippen LogP contribution is -2.26. The summed E-state index contributed by atoms with van der Waals surface area (Å²) >= 11 is 0. The number of halogens is 1. The number of anilines is 1. The van der Waals surface area contributed by atoms with E-state index in [0.717, 1.165) is 17.8 Å². The van der Waals surface area contributed by atoms with Crippen molar-refractivity contribution in [1.82, 2.24) is 0 Å². The Bertz CT molecular complexity index is 579. The summed E-state index contributed by atoms with van der Waals surface area (Å²) in [7, 11) is 0. The van der Waals surface area contributed by atoms with Crippen molar-refractivity contribution in [1.29, 1.82) is 0 Å². The molecular weight excluding hydrogens is 251 g/mol. The number of hydrogen-bond donors (Lipinski definition) is 1. The van der Waals surface area contributed by atoms with E-state index in [2.05, 4.69) is 29.2 Å². The van der Waals surface area contributed by atoms with Crippen LogP contribution >= 0.6 is 0 Å². The van der Waals surface area contributed by atoms with E-state index in [1.807, 2.05) is 12.1 Å². The Kier molecular flexibility index (Phi) is 3.70. The molecule has 2 nitrogen and oxygen atoms in total. The molecule has 0 heterocycles. The van der Waals surface area contributed by atoms with Gasteiger partial charge in [0.15, 0.2) is 0 Å². The molecule has 3 heteroatoms. The Morgan fingerprint density at radius 2 is 1.85 bits per heavy atom. The molecule has 0 saturated heterocycles. The van der Waals surface area contributed by atoms with Gasteiger partial charge in [-0.25, -0.2) is 4.39 Å². The first-order chi connectivity index (χ1) is 9.78. The maximum absolute atomic E-state index is 13.4. The predicted molar refractivity (Wildman–Crippen MR) is 79.9 cm³/mol. The van der Waals surface area contributed by atoms with Crippen molar-refractivity contribution in [3.05, 3.63) is 65.5 Å². The van der Waals surface area contributed by atoms with E-state index in [9.17, 15) is 4.39 Å². The van der Waals surface area contributed by atoms with Gasteiger partial charge in [0, 0.05) is 24.8 Å². The van der Waals surface area contributed by atoms with Crippen molar-refractivity contribution in [2.75, 3.05) is 4.90 Å². The topological polar surface area (TPSA) is 29.3 Å². The molecule has 1 fully saturated rings. The van der Waals surface area contributed by atoms with Crippen LogP contribution in [0.4, 0.5) is 10.1 Å². The molecule has 0 aromatic heterocycles. The monoisotopic (exact) mass is 270 g/mol. The fourth-order valence-corrected chi connectivity index (χ4v) is 2.58. The molecule has 0 atom stereocenters. The van der Waals surface area contributed by atoms with E-state index < -0.39 is 0 Å². The van der Waals surface area contributed by atoms with E-state index in [-0.39, 0.29) is 5.82 Å². The first kappa shape index (κ1) is 13.1. The lowest BCUT2D eigenvalue weighted by molar-refractivity contribution is 0.624. The summed E-state index contributed by atoms with van der Waals surface area (Å²) in [4.78, 5) is 2.36. The van der Waals surface area contributed by atoms with E-state index in [1.54, 1.807) is 6.07 Å². The molecule has 0 aliphatic heterocycles. The summed E-state index contributed by atoms with van der Waals surface area (Å²) in [5.41, 5.74) is 9.00. The van der Waals surface area contributed by atoms with Gasteiger partial charge >= 0.3 is 0 Å². The SMILES string of the molecule is NCc1cc(F)ccc1N(Cc1ccccc1)C1CC1. The van der Waals surface area contributed by atoms with Gasteiger partial charge in [0.05, 0.1) is 0 Å². The quantitative estimate of drug-likeness (QED) is 0.901. The summed E-state index contributed by atoms with van der Waals surface area (Å²) in [5.74, 6) is -0.218. The first-order valence-electron chi connectivity index (χ1n) is 7.07. The maximum atomic E-state index is 13.4. The molecule has 20 heavy (non-hydrogen) atoms. The van der Waals surface area contributed by atoms with Crippen molar-refractivity contribution in [2.45, 2.75) is 32.0 Å². The second-order valence-corrected chi connectivity index (χ2v) is 5.32. The Morgan fingerprint density at radius 1 is 1.10 bits per heavy atom. The molecule has 0 spiro atoms. The number of rotatable bonds is 5. The third-order valence-electron chi connectivity index (χ3n) is 3.75. The van der Waals surface area contributed by atoms with Crippen LogP contribution in [-0.2, 0) is 13.1 Å². The maximum Gasteiger partial charge on any atom is 0.123 e. The molecule has 0 bridgehead atoms. The number of benzene rings is 2. The third-order valence-corrected chi connectivity index (χ3v) is 3.75. The second kappa shape index (κ2) is 5.63. The van der Waals surface area contributed by atoms with Gasteiger partial charge in [-0.1, -0.05) is 30.3 Å². The number of nitrogens with two attached hydrogens (primary N) is 1. The summed E-state index contributed by atoms with van der Waals surface area (Å²) < 4.78 is 13.4. The normalized spacial score (nSPS) is 14.3. The molecule has 3 rings (SSSR count). The van der Waals surface area contributed by atoms with Crippen LogP contribution in [0.15, 0.2) is 48.5 Å². The van der Waals surface area contributed by atoms with E-state index in [0.29, 0.717) is 12.6 Å². The average molecular weight is 270 g/mol.